The molecule has 0 aliphatic carbocycles. The molecule has 4 heteroatoms. The summed E-state index contributed by atoms with van der Waals surface area (Å²) in [7, 11) is 0. The predicted octanol–water partition coefficient (Wildman–Crippen LogP) is 4.70. The fourth-order valence-electron chi connectivity index (χ4n) is 2.12. The van der Waals surface area contributed by atoms with E-state index in [1.807, 2.05) is 36.4 Å². The molecule has 22 heavy (non-hydrogen) atoms. The smallest absolute Gasteiger partial charge is 0.224 e. The Balaban J connectivity index is 1.72. The molecule has 2 rings (SSSR count). The molecule has 0 aliphatic heterocycles. The highest BCUT2D eigenvalue weighted by Gasteiger charge is 2.05. The second-order valence-electron chi connectivity index (χ2n) is 4.96. The number of anilines is 1. The lowest BCUT2D eigenvalue weighted by Gasteiger charge is -2.10. The molecule has 0 aromatic heterocycles. The van der Waals surface area contributed by atoms with E-state index in [4.69, 9.17) is 16.3 Å². The number of benzene rings is 2. The van der Waals surface area contributed by atoms with Crippen molar-refractivity contribution in [1.82, 2.24) is 0 Å². The van der Waals surface area contributed by atoms with Crippen molar-refractivity contribution in [2.45, 2.75) is 26.2 Å². The minimum absolute atomic E-state index is 0.0145. The summed E-state index contributed by atoms with van der Waals surface area (Å²) in [6, 6.07) is 15.1. The molecule has 3 nitrogen and oxygen atoms in total. The Morgan fingerprint density at radius 3 is 2.59 bits per heavy atom. The lowest BCUT2D eigenvalue weighted by atomic mass is 10.1. The molecule has 0 aliphatic rings. The minimum Gasteiger partial charge on any atom is -0.494 e. The van der Waals surface area contributed by atoms with Gasteiger partial charge in [0.25, 0.3) is 0 Å². The first kappa shape index (κ1) is 16.4. The van der Waals surface area contributed by atoms with Gasteiger partial charge >= 0.3 is 0 Å². The number of nitrogens with one attached hydrogen (secondary N) is 1. The maximum atomic E-state index is 12.0. The lowest BCUT2D eigenvalue weighted by Crippen LogP contribution is -2.14. The number of halogens is 1. The van der Waals surface area contributed by atoms with Crippen LogP contribution in [0.15, 0.2) is 48.5 Å². The van der Waals surface area contributed by atoms with E-state index in [9.17, 15) is 4.79 Å². The summed E-state index contributed by atoms with van der Waals surface area (Å²) in [6.07, 6.45) is 2.00. The average molecular weight is 318 g/mol. The second-order valence-corrected chi connectivity index (χ2v) is 5.40. The SMILES string of the molecule is CCc1ccccc1NC(=O)CCCOc1ccc(Cl)cc1. The van der Waals surface area contributed by atoms with E-state index in [2.05, 4.69) is 12.2 Å². The van der Waals surface area contributed by atoms with Gasteiger partial charge in [0.1, 0.15) is 5.75 Å². The van der Waals surface area contributed by atoms with Gasteiger partial charge in [0.05, 0.1) is 6.61 Å². The number of carbonyl (C=O) groups is 1. The van der Waals surface area contributed by atoms with Gasteiger partial charge < -0.3 is 10.1 Å². The van der Waals surface area contributed by atoms with Crippen LogP contribution < -0.4 is 10.1 Å². The number of hydrogen-bond donors (Lipinski definition) is 1. The summed E-state index contributed by atoms with van der Waals surface area (Å²) in [5.41, 5.74) is 2.04. The third-order valence-corrected chi connectivity index (χ3v) is 3.55. The Bertz CT molecular complexity index is 611. The van der Waals surface area contributed by atoms with Crippen LogP contribution in [0.3, 0.4) is 0 Å². The molecule has 0 unspecified atom stereocenters. The first-order valence-corrected chi connectivity index (χ1v) is 7.83. The van der Waals surface area contributed by atoms with Crippen LogP contribution in [0, 0.1) is 0 Å². The maximum Gasteiger partial charge on any atom is 0.224 e. The first-order valence-electron chi connectivity index (χ1n) is 7.45. The van der Waals surface area contributed by atoms with Crippen LogP contribution in [0.2, 0.25) is 5.02 Å². The van der Waals surface area contributed by atoms with E-state index in [0.29, 0.717) is 24.5 Å². The largest absolute Gasteiger partial charge is 0.494 e. The third-order valence-electron chi connectivity index (χ3n) is 3.30. The zero-order chi connectivity index (χ0) is 15.8. The zero-order valence-electron chi connectivity index (χ0n) is 12.6. The topological polar surface area (TPSA) is 38.3 Å². The van der Waals surface area contributed by atoms with E-state index < -0.39 is 0 Å². The van der Waals surface area contributed by atoms with Crippen molar-refractivity contribution < 1.29 is 9.53 Å². The molecule has 0 heterocycles. The highest BCUT2D eigenvalue weighted by atomic mass is 35.5. The predicted molar refractivity (Wildman–Crippen MR) is 90.6 cm³/mol. The van der Waals surface area contributed by atoms with E-state index in [0.717, 1.165) is 23.4 Å². The molecule has 0 fully saturated rings. The molecule has 116 valence electrons. The van der Waals surface area contributed by atoms with Crippen LogP contribution in [0.1, 0.15) is 25.3 Å². The second kappa shape index (κ2) is 8.44. The van der Waals surface area contributed by atoms with Gasteiger partial charge in [-0.1, -0.05) is 36.7 Å². The number of carbonyl (C=O) groups excluding carboxylic acids is 1. The molecular weight excluding hydrogens is 298 g/mol. The van der Waals surface area contributed by atoms with Crippen LogP contribution >= 0.6 is 11.6 Å². The Hall–Kier alpha value is -2.00. The maximum absolute atomic E-state index is 12.0. The molecule has 1 N–H and O–H groups in total. The quantitative estimate of drug-likeness (QED) is 0.752. The molecule has 0 saturated heterocycles. The summed E-state index contributed by atoms with van der Waals surface area (Å²) in [5, 5.41) is 3.64. The van der Waals surface area contributed by atoms with Crippen molar-refractivity contribution >= 4 is 23.2 Å². The van der Waals surface area contributed by atoms with Gasteiger partial charge in [-0.3, -0.25) is 4.79 Å². The number of para-hydroxylation sites is 1. The normalized spacial score (nSPS) is 10.3. The van der Waals surface area contributed by atoms with Crippen molar-refractivity contribution in [3.63, 3.8) is 0 Å². The van der Waals surface area contributed by atoms with Crippen molar-refractivity contribution in [3.8, 4) is 5.75 Å². The zero-order valence-corrected chi connectivity index (χ0v) is 13.4. The van der Waals surface area contributed by atoms with Crippen LogP contribution in [0.4, 0.5) is 5.69 Å². The summed E-state index contributed by atoms with van der Waals surface area (Å²) < 4.78 is 5.57. The van der Waals surface area contributed by atoms with Gasteiger partial charge in [-0.05, 0) is 48.7 Å². The van der Waals surface area contributed by atoms with Gasteiger partial charge in [-0.2, -0.15) is 0 Å². The highest BCUT2D eigenvalue weighted by Crippen LogP contribution is 2.17. The molecule has 2 aromatic rings. The van der Waals surface area contributed by atoms with Gasteiger partial charge in [0, 0.05) is 17.1 Å². The number of aryl methyl sites for hydroxylation is 1. The van der Waals surface area contributed by atoms with Crippen LogP contribution in [0.25, 0.3) is 0 Å². The fraction of sp³-hybridized carbons (Fsp3) is 0.278. The van der Waals surface area contributed by atoms with Gasteiger partial charge in [0.2, 0.25) is 5.91 Å². The minimum atomic E-state index is 0.0145. The molecule has 0 atom stereocenters. The molecule has 2 aromatic carbocycles. The Morgan fingerprint density at radius 2 is 1.86 bits per heavy atom. The molecule has 1 amide bonds. The number of ether oxygens (including phenoxy) is 1. The summed E-state index contributed by atoms with van der Waals surface area (Å²) in [6.45, 7) is 2.58. The summed E-state index contributed by atoms with van der Waals surface area (Å²) in [5.74, 6) is 0.779. The number of rotatable bonds is 7. The van der Waals surface area contributed by atoms with E-state index in [1.165, 1.54) is 0 Å². The Kier molecular flexibility index (Phi) is 6.28. The Morgan fingerprint density at radius 1 is 1.14 bits per heavy atom. The first-order chi connectivity index (χ1) is 10.7. The highest BCUT2D eigenvalue weighted by molar-refractivity contribution is 6.30. The van der Waals surface area contributed by atoms with Crippen LogP contribution in [0.5, 0.6) is 5.75 Å². The molecule has 0 bridgehead atoms. The molecule has 0 saturated carbocycles. The number of amides is 1. The van der Waals surface area contributed by atoms with Gasteiger partial charge in [0.15, 0.2) is 0 Å². The van der Waals surface area contributed by atoms with Crippen molar-refractivity contribution in [1.29, 1.82) is 0 Å². The standard InChI is InChI=1S/C18H20ClNO2/c1-2-14-6-3-4-7-17(14)20-18(21)8-5-13-22-16-11-9-15(19)10-12-16/h3-4,6-7,9-12H,2,5,8,13H2,1H3,(H,20,21). The summed E-state index contributed by atoms with van der Waals surface area (Å²) in [4.78, 5) is 12.0. The van der Waals surface area contributed by atoms with E-state index in [1.54, 1.807) is 12.1 Å². The van der Waals surface area contributed by atoms with Crippen molar-refractivity contribution in [2.24, 2.45) is 0 Å². The van der Waals surface area contributed by atoms with E-state index in [-0.39, 0.29) is 5.91 Å². The van der Waals surface area contributed by atoms with E-state index >= 15 is 0 Å². The van der Waals surface area contributed by atoms with Gasteiger partial charge in [-0.25, -0.2) is 0 Å². The van der Waals surface area contributed by atoms with Gasteiger partial charge in [-0.15, -0.1) is 0 Å². The molecule has 0 radical (unpaired) electrons. The Labute approximate surface area is 136 Å². The third kappa shape index (κ3) is 5.08. The number of hydrogen-bond acceptors (Lipinski definition) is 2. The molecule has 0 spiro atoms. The molecular formula is C18H20ClNO2. The van der Waals surface area contributed by atoms with Crippen molar-refractivity contribution in [3.05, 3.63) is 59.1 Å². The summed E-state index contributed by atoms with van der Waals surface area (Å²) >= 11 is 5.81. The fourth-order valence-corrected chi connectivity index (χ4v) is 2.24. The lowest BCUT2D eigenvalue weighted by molar-refractivity contribution is -0.116. The van der Waals surface area contributed by atoms with Crippen LogP contribution in [-0.4, -0.2) is 12.5 Å². The monoisotopic (exact) mass is 317 g/mol. The van der Waals surface area contributed by atoms with Crippen LogP contribution in [-0.2, 0) is 11.2 Å². The van der Waals surface area contributed by atoms with Crippen molar-refractivity contribution in [2.75, 3.05) is 11.9 Å². The average Bonchev–Trinajstić information content (AvgIpc) is 2.54.